The third-order valence-corrected chi connectivity index (χ3v) is 0. The van der Waals surface area contributed by atoms with Crippen LogP contribution in [0.15, 0.2) is 0 Å². The Hall–Kier alpha value is 2.79. The van der Waals surface area contributed by atoms with Crippen molar-refractivity contribution in [3.05, 3.63) is 27.2 Å². The summed E-state index contributed by atoms with van der Waals surface area (Å²) in [4.78, 5) is 0. The minimum Gasteiger partial charge on any atom is -0.693 e. The predicted molar refractivity (Wildman–Crippen MR) is 34.7 cm³/mol. The predicted octanol–water partition coefficient (Wildman–Crippen LogP) is 3.35. The third-order valence-electron chi connectivity index (χ3n) is 0. The summed E-state index contributed by atoms with van der Waals surface area (Å²) in [6, 6.07) is 0. The molecule has 0 aromatic carbocycles. The first kappa shape index (κ1) is 95.6. The smallest absolute Gasteiger partial charge is 0 e. The van der Waals surface area contributed by atoms with Crippen molar-refractivity contribution in [3.63, 3.8) is 0 Å². The van der Waals surface area contributed by atoms with Crippen LogP contribution in [0.5, 0.6) is 0 Å². The van der Waals surface area contributed by atoms with Gasteiger partial charge in [0.15, 0.2) is 0 Å². The number of hydrogen-bond donors (Lipinski definition) is 0. The molecule has 0 spiro atoms. The fourth-order valence-corrected chi connectivity index (χ4v) is 0. The SMILES string of the molecule is CC.[CH3-].[CH3-].[NH2-].[NH2-].[Pd].[Y].[Y]. The fourth-order valence-electron chi connectivity index (χ4n) is 0. The molecule has 9 heavy (non-hydrogen) atoms. The van der Waals surface area contributed by atoms with Crippen molar-refractivity contribution in [1.29, 1.82) is 0 Å². The average Bonchev–Trinajstić information content (AvgIpc) is 1.00. The van der Waals surface area contributed by atoms with E-state index in [0.29, 0.717) is 0 Å². The van der Waals surface area contributed by atoms with E-state index in [4.69, 9.17) is 0 Å². The van der Waals surface area contributed by atoms with Gasteiger partial charge in [0.05, 0.1) is 0 Å². The van der Waals surface area contributed by atoms with Crippen LogP contribution in [0, 0.1) is 14.9 Å². The van der Waals surface area contributed by atoms with Gasteiger partial charge < -0.3 is 27.2 Å². The Balaban J connectivity index is -0.000000000238. The number of hydrogen-bond acceptors (Lipinski definition) is 0. The Morgan fingerprint density at radius 2 is 0.667 bits per heavy atom. The monoisotopic (exact) mass is 376 g/mol. The Kier molecular flexibility index (Phi) is 1410. The molecule has 0 rings (SSSR count). The first-order chi connectivity index (χ1) is 1.00. The Morgan fingerprint density at radius 1 is 0.667 bits per heavy atom. The standard InChI is InChI=1S/C2H6.2CH3.2H2N.Pd.2Y/c1-2;;;;;;;/h1-2H3;2*1H3;2*1H2;;;/q;4*-1;;;. The largest absolute Gasteiger partial charge is 0.693 e. The van der Waals surface area contributed by atoms with E-state index in [9.17, 15) is 0 Å². The van der Waals surface area contributed by atoms with Gasteiger partial charge in [-0.05, 0) is 0 Å². The van der Waals surface area contributed by atoms with E-state index in [0.717, 1.165) is 0 Å². The summed E-state index contributed by atoms with van der Waals surface area (Å²) >= 11 is 0. The van der Waals surface area contributed by atoms with Crippen molar-refractivity contribution in [2.45, 2.75) is 13.8 Å². The summed E-state index contributed by atoms with van der Waals surface area (Å²) in [6.07, 6.45) is 0. The van der Waals surface area contributed by atoms with Crippen LogP contribution in [-0.4, -0.2) is 0 Å². The fraction of sp³-hybridized carbons (Fsp3) is 0.500. The van der Waals surface area contributed by atoms with Crippen molar-refractivity contribution >= 4 is 0 Å². The molecule has 0 aromatic heterocycles. The second kappa shape index (κ2) is 133. The van der Waals surface area contributed by atoms with Crippen LogP contribution >= 0.6 is 0 Å². The molecule has 0 fully saturated rings. The van der Waals surface area contributed by atoms with Gasteiger partial charge in [0, 0.05) is 85.8 Å². The summed E-state index contributed by atoms with van der Waals surface area (Å²) in [6.45, 7) is 4.00. The van der Waals surface area contributed by atoms with E-state index in [1.165, 1.54) is 0 Å². The molecule has 0 bridgehead atoms. The molecule has 2 nitrogen and oxygen atoms in total. The first-order valence-electron chi connectivity index (χ1n) is 1.00. The molecular formula is C4H16N2PdY2-4. The van der Waals surface area contributed by atoms with Gasteiger partial charge in [-0.15, -0.1) is 0 Å². The molecule has 0 saturated carbocycles. The zero-order chi connectivity index (χ0) is 2.00. The van der Waals surface area contributed by atoms with Gasteiger partial charge in [0.1, 0.15) is 0 Å². The summed E-state index contributed by atoms with van der Waals surface area (Å²) in [7, 11) is 0. The maximum atomic E-state index is 2.00. The first-order valence-corrected chi connectivity index (χ1v) is 1.00. The van der Waals surface area contributed by atoms with Crippen molar-refractivity contribution in [2.75, 3.05) is 0 Å². The van der Waals surface area contributed by atoms with Crippen LogP contribution in [0.3, 0.4) is 0 Å². The zero-order valence-corrected chi connectivity index (χ0v) is 13.9. The Bertz CT molecular complexity index is 16.5. The molecule has 4 N–H and O–H groups in total. The molecule has 0 aromatic rings. The quantitative estimate of drug-likeness (QED) is 0.460. The minimum absolute atomic E-state index is 0. The molecule has 0 unspecified atom stereocenters. The molecule has 2 radical (unpaired) electrons. The summed E-state index contributed by atoms with van der Waals surface area (Å²) in [5.74, 6) is 0. The van der Waals surface area contributed by atoms with Crippen LogP contribution in [0.25, 0.3) is 12.3 Å². The van der Waals surface area contributed by atoms with Gasteiger partial charge in [-0.2, -0.15) is 0 Å². The van der Waals surface area contributed by atoms with Gasteiger partial charge in [-0.25, -0.2) is 0 Å². The maximum Gasteiger partial charge on any atom is 0 e. The van der Waals surface area contributed by atoms with Gasteiger partial charge in [-0.3, -0.25) is 0 Å². The number of rotatable bonds is 0. The molecule has 62 valence electrons. The van der Waals surface area contributed by atoms with E-state index < -0.39 is 0 Å². The second-order valence-electron chi connectivity index (χ2n) is 0. The van der Waals surface area contributed by atoms with E-state index >= 15 is 0 Å². The van der Waals surface area contributed by atoms with Crippen LogP contribution in [-0.2, 0) is 85.8 Å². The van der Waals surface area contributed by atoms with E-state index in [2.05, 4.69) is 0 Å². The van der Waals surface area contributed by atoms with Crippen molar-refractivity contribution in [3.8, 4) is 0 Å². The van der Waals surface area contributed by atoms with Crippen LogP contribution in [0.2, 0.25) is 0 Å². The molecule has 0 atom stereocenters. The van der Waals surface area contributed by atoms with Gasteiger partial charge in [0.25, 0.3) is 0 Å². The molecule has 5 heteroatoms. The van der Waals surface area contributed by atoms with E-state index in [-0.39, 0.29) is 113 Å². The molecule has 0 aliphatic carbocycles. The molecular weight excluding hydrogens is 360 g/mol. The van der Waals surface area contributed by atoms with Gasteiger partial charge in [-0.1, -0.05) is 13.8 Å². The number of nitrogens with two attached hydrogens (primary N) is 2. The molecule has 0 saturated heterocycles. The molecule has 0 aliphatic rings. The molecule has 0 heterocycles. The minimum atomic E-state index is 0. The Labute approximate surface area is 125 Å². The van der Waals surface area contributed by atoms with Crippen LogP contribution in [0.4, 0.5) is 0 Å². The normalized spacial score (nSPS) is 0.667. The zero-order valence-electron chi connectivity index (χ0n) is 6.63. The third kappa shape index (κ3) is 107. The van der Waals surface area contributed by atoms with Crippen LogP contribution in [0.1, 0.15) is 13.8 Å². The summed E-state index contributed by atoms with van der Waals surface area (Å²) in [5, 5.41) is 0. The Morgan fingerprint density at radius 3 is 0.667 bits per heavy atom. The maximum absolute atomic E-state index is 2.00. The van der Waals surface area contributed by atoms with E-state index in [1.54, 1.807) is 0 Å². The molecule has 0 aliphatic heterocycles. The van der Waals surface area contributed by atoms with E-state index in [1.807, 2.05) is 13.8 Å². The summed E-state index contributed by atoms with van der Waals surface area (Å²) < 4.78 is 0. The van der Waals surface area contributed by atoms with Crippen molar-refractivity contribution in [2.24, 2.45) is 0 Å². The van der Waals surface area contributed by atoms with Crippen LogP contribution < -0.4 is 0 Å². The molecule has 0 amide bonds. The van der Waals surface area contributed by atoms with Gasteiger partial charge in [0.2, 0.25) is 0 Å². The second-order valence-corrected chi connectivity index (χ2v) is 0. The van der Waals surface area contributed by atoms with Crippen molar-refractivity contribution < 1.29 is 85.8 Å². The summed E-state index contributed by atoms with van der Waals surface area (Å²) in [5.41, 5.74) is 0. The van der Waals surface area contributed by atoms with Crippen molar-refractivity contribution in [1.82, 2.24) is 0 Å². The van der Waals surface area contributed by atoms with Gasteiger partial charge >= 0.3 is 0 Å². The average molecular weight is 376 g/mol. The topological polar surface area (TPSA) is 67.0 Å².